The van der Waals surface area contributed by atoms with E-state index < -0.39 is 6.09 Å². The number of nitrogens with zero attached hydrogens (tertiary/aromatic N) is 1. The molecule has 0 N–H and O–H groups in total. The number of hydrogen-bond donors (Lipinski definition) is 0. The molecule has 1 aromatic carbocycles. The van der Waals surface area contributed by atoms with Gasteiger partial charge in [-0.2, -0.15) is 0 Å². The van der Waals surface area contributed by atoms with Crippen LogP contribution < -0.4 is 0 Å². The SMILES string of the molecule is CCCN(C(=O)OCC)C(CC(=O)OCC)c1ccccc1. The first kappa shape index (κ1) is 18.0. The Hall–Kier alpha value is -2.04. The monoisotopic (exact) mass is 307 g/mol. The highest BCUT2D eigenvalue weighted by Crippen LogP contribution is 2.26. The number of hydrogen-bond acceptors (Lipinski definition) is 4. The second-order valence-electron chi connectivity index (χ2n) is 4.83. The molecule has 1 unspecified atom stereocenters. The molecule has 0 bridgehead atoms. The molecule has 122 valence electrons. The molecule has 0 saturated heterocycles. The molecule has 5 heteroatoms. The second-order valence-corrected chi connectivity index (χ2v) is 4.83. The molecule has 0 fully saturated rings. The van der Waals surface area contributed by atoms with Crippen LogP contribution in [0, 0.1) is 0 Å². The lowest BCUT2D eigenvalue weighted by Crippen LogP contribution is -2.37. The van der Waals surface area contributed by atoms with Crippen LogP contribution in [0.15, 0.2) is 30.3 Å². The number of amides is 1. The van der Waals surface area contributed by atoms with Crippen molar-refractivity contribution >= 4 is 12.1 Å². The summed E-state index contributed by atoms with van der Waals surface area (Å²) in [6.45, 7) is 6.68. The predicted molar refractivity (Wildman–Crippen MR) is 84.5 cm³/mol. The summed E-state index contributed by atoms with van der Waals surface area (Å²) in [5.74, 6) is -0.318. The van der Waals surface area contributed by atoms with Crippen molar-refractivity contribution in [3.8, 4) is 0 Å². The zero-order chi connectivity index (χ0) is 16.4. The molecule has 1 amide bonds. The number of rotatable bonds is 8. The van der Waals surface area contributed by atoms with Crippen LogP contribution in [0.3, 0.4) is 0 Å². The van der Waals surface area contributed by atoms with E-state index in [0.29, 0.717) is 19.8 Å². The van der Waals surface area contributed by atoms with Crippen LogP contribution in [0.2, 0.25) is 0 Å². The van der Waals surface area contributed by atoms with Crippen LogP contribution >= 0.6 is 0 Å². The lowest BCUT2D eigenvalue weighted by molar-refractivity contribution is -0.144. The third-order valence-electron chi connectivity index (χ3n) is 3.19. The van der Waals surface area contributed by atoms with Gasteiger partial charge in [0.1, 0.15) is 0 Å². The van der Waals surface area contributed by atoms with Crippen LogP contribution in [0.1, 0.15) is 45.2 Å². The molecule has 0 aliphatic rings. The number of ether oxygens (including phenoxy) is 2. The molecule has 22 heavy (non-hydrogen) atoms. The minimum atomic E-state index is -0.400. The molecule has 0 radical (unpaired) electrons. The maximum atomic E-state index is 12.2. The molecule has 0 spiro atoms. The Bertz CT molecular complexity index is 461. The maximum absolute atomic E-state index is 12.2. The Labute approximate surface area is 132 Å². The highest BCUT2D eigenvalue weighted by molar-refractivity contribution is 5.73. The van der Waals surface area contributed by atoms with E-state index in [1.807, 2.05) is 37.3 Å². The van der Waals surface area contributed by atoms with Gasteiger partial charge in [-0.15, -0.1) is 0 Å². The van der Waals surface area contributed by atoms with Crippen molar-refractivity contribution in [3.05, 3.63) is 35.9 Å². The summed E-state index contributed by atoms with van der Waals surface area (Å²) in [7, 11) is 0. The molecule has 0 heterocycles. The van der Waals surface area contributed by atoms with Gasteiger partial charge in [0.2, 0.25) is 0 Å². The average Bonchev–Trinajstić information content (AvgIpc) is 2.52. The van der Waals surface area contributed by atoms with Crippen molar-refractivity contribution in [1.29, 1.82) is 0 Å². The first-order valence-corrected chi connectivity index (χ1v) is 7.77. The summed E-state index contributed by atoms with van der Waals surface area (Å²) in [6, 6.07) is 9.13. The average molecular weight is 307 g/mol. The normalized spacial score (nSPS) is 11.6. The Morgan fingerprint density at radius 2 is 1.68 bits per heavy atom. The number of esters is 1. The van der Waals surface area contributed by atoms with E-state index in [-0.39, 0.29) is 18.4 Å². The number of carbonyl (C=O) groups excluding carboxylic acids is 2. The van der Waals surface area contributed by atoms with Crippen molar-refractivity contribution in [2.45, 2.75) is 39.7 Å². The Kier molecular flexibility index (Phi) is 8.04. The van der Waals surface area contributed by atoms with Crippen molar-refractivity contribution in [2.75, 3.05) is 19.8 Å². The zero-order valence-electron chi connectivity index (χ0n) is 13.6. The number of benzene rings is 1. The van der Waals surface area contributed by atoms with Crippen molar-refractivity contribution < 1.29 is 19.1 Å². The minimum Gasteiger partial charge on any atom is -0.466 e. The van der Waals surface area contributed by atoms with E-state index in [1.54, 1.807) is 18.7 Å². The summed E-state index contributed by atoms with van der Waals surface area (Å²) in [4.78, 5) is 25.8. The van der Waals surface area contributed by atoms with Crippen molar-refractivity contribution in [1.82, 2.24) is 4.90 Å². The smallest absolute Gasteiger partial charge is 0.410 e. The third kappa shape index (κ3) is 5.39. The summed E-state index contributed by atoms with van der Waals surface area (Å²) in [5, 5.41) is 0. The molecule has 1 rings (SSSR count). The molecule has 0 aliphatic heterocycles. The van der Waals surface area contributed by atoms with Gasteiger partial charge >= 0.3 is 12.1 Å². The van der Waals surface area contributed by atoms with E-state index in [0.717, 1.165) is 12.0 Å². The molecule has 1 aromatic rings. The van der Waals surface area contributed by atoms with E-state index >= 15 is 0 Å². The quantitative estimate of drug-likeness (QED) is 0.689. The highest BCUT2D eigenvalue weighted by atomic mass is 16.6. The number of carbonyl (C=O) groups is 2. The van der Waals surface area contributed by atoms with Gasteiger partial charge in [-0.1, -0.05) is 37.3 Å². The summed E-state index contributed by atoms with van der Waals surface area (Å²) in [6.07, 6.45) is 0.504. The predicted octanol–water partition coefficient (Wildman–Crippen LogP) is 3.55. The van der Waals surface area contributed by atoms with Crippen LogP contribution in [0.5, 0.6) is 0 Å². The third-order valence-corrected chi connectivity index (χ3v) is 3.19. The lowest BCUT2D eigenvalue weighted by Gasteiger charge is -2.30. The van der Waals surface area contributed by atoms with Crippen LogP contribution in [-0.2, 0) is 14.3 Å². The van der Waals surface area contributed by atoms with Crippen LogP contribution in [0.25, 0.3) is 0 Å². The standard InChI is InChI=1S/C17H25NO4/c1-4-12-18(17(20)22-6-3)15(13-16(19)21-5-2)14-10-8-7-9-11-14/h7-11,15H,4-6,12-13H2,1-3H3. The van der Waals surface area contributed by atoms with Gasteiger partial charge in [0.15, 0.2) is 0 Å². The molecule has 0 saturated carbocycles. The molecular formula is C17H25NO4. The fourth-order valence-electron chi connectivity index (χ4n) is 2.28. The first-order chi connectivity index (χ1) is 10.6. The van der Waals surface area contributed by atoms with Crippen molar-refractivity contribution in [3.63, 3.8) is 0 Å². The maximum Gasteiger partial charge on any atom is 0.410 e. The van der Waals surface area contributed by atoms with Gasteiger partial charge in [0, 0.05) is 6.54 Å². The fourth-order valence-corrected chi connectivity index (χ4v) is 2.28. The molecule has 0 aromatic heterocycles. The van der Waals surface area contributed by atoms with Gasteiger partial charge in [0.05, 0.1) is 25.7 Å². The molecule has 0 aliphatic carbocycles. The van der Waals surface area contributed by atoms with Crippen molar-refractivity contribution in [2.24, 2.45) is 0 Å². The Morgan fingerprint density at radius 3 is 2.23 bits per heavy atom. The van der Waals surface area contributed by atoms with E-state index in [1.165, 1.54) is 0 Å². The topological polar surface area (TPSA) is 55.8 Å². The van der Waals surface area contributed by atoms with E-state index in [4.69, 9.17) is 9.47 Å². The lowest BCUT2D eigenvalue weighted by atomic mass is 10.0. The van der Waals surface area contributed by atoms with Crippen LogP contribution in [-0.4, -0.2) is 36.7 Å². The van der Waals surface area contributed by atoms with Gasteiger partial charge in [-0.25, -0.2) is 4.79 Å². The van der Waals surface area contributed by atoms with Gasteiger partial charge in [-0.05, 0) is 25.8 Å². The highest BCUT2D eigenvalue weighted by Gasteiger charge is 2.28. The Morgan fingerprint density at radius 1 is 1.05 bits per heavy atom. The molecular weight excluding hydrogens is 282 g/mol. The minimum absolute atomic E-state index is 0.122. The van der Waals surface area contributed by atoms with Crippen LogP contribution in [0.4, 0.5) is 4.79 Å². The molecule has 1 atom stereocenters. The zero-order valence-corrected chi connectivity index (χ0v) is 13.6. The van der Waals surface area contributed by atoms with Gasteiger partial charge < -0.3 is 14.4 Å². The summed E-state index contributed by atoms with van der Waals surface area (Å²) in [5.41, 5.74) is 0.900. The summed E-state index contributed by atoms with van der Waals surface area (Å²) >= 11 is 0. The Balaban J connectivity index is 3.04. The van der Waals surface area contributed by atoms with Gasteiger partial charge in [0.25, 0.3) is 0 Å². The van der Waals surface area contributed by atoms with E-state index in [2.05, 4.69) is 0 Å². The van der Waals surface area contributed by atoms with Gasteiger partial charge in [-0.3, -0.25) is 4.79 Å². The largest absolute Gasteiger partial charge is 0.466 e. The summed E-state index contributed by atoms with van der Waals surface area (Å²) < 4.78 is 10.2. The van der Waals surface area contributed by atoms with E-state index in [9.17, 15) is 9.59 Å². The second kappa shape index (κ2) is 9.82. The fraction of sp³-hybridized carbons (Fsp3) is 0.529. The first-order valence-electron chi connectivity index (χ1n) is 7.77. The molecule has 5 nitrogen and oxygen atoms in total.